The smallest absolute Gasteiger partial charge is 0.270 e. The fraction of sp³-hybridized carbons (Fsp3) is 0.130. The van der Waals surface area contributed by atoms with Crippen molar-refractivity contribution < 1.29 is 9.53 Å². The fourth-order valence-electron chi connectivity index (χ4n) is 3.31. The Balaban J connectivity index is 1.64. The third-order valence-corrected chi connectivity index (χ3v) is 4.77. The molecule has 4 aromatic rings. The summed E-state index contributed by atoms with van der Waals surface area (Å²) in [5.41, 5.74) is 2.30. The molecule has 3 aromatic carbocycles. The van der Waals surface area contributed by atoms with Gasteiger partial charge in [0.05, 0.1) is 7.11 Å². The Labute approximate surface area is 157 Å². The maximum Gasteiger partial charge on any atom is 0.270 e. The standard InChI is InChI=1S/C23H20N2O2/c1-15-19-12-9-17-5-3-4-6-20(17)21(19)13-22(25-15)23(26)24-14-16-7-10-18(27-2)11-8-16/h3-13H,14H2,1-2H3,(H,24,26). The van der Waals surface area contributed by atoms with Crippen LogP contribution in [-0.4, -0.2) is 18.0 Å². The summed E-state index contributed by atoms with van der Waals surface area (Å²) in [6.45, 7) is 2.38. The van der Waals surface area contributed by atoms with Gasteiger partial charge in [-0.2, -0.15) is 0 Å². The SMILES string of the molecule is COc1ccc(CNC(=O)c2cc3c(ccc4ccccc43)c(C)n2)cc1. The molecule has 0 saturated carbocycles. The first-order chi connectivity index (χ1) is 13.2. The van der Waals surface area contributed by atoms with Crippen LogP contribution in [0.2, 0.25) is 0 Å². The molecule has 0 radical (unpaired) electrons. The highest BCUT2D eigenvalue weighted by molar-refractivity contribution is 6.10. The lowest BCUT2D eigenvalue weighted by Gasteiger charge is -2.10. The molecule has 0 atom stereocenters. The predicted octanol–water partition coefficient (Wildman–Crippen LogP) is 4.64. The highest BCUT2D eigenvalue weighted by atomic mass is 16.5. The highest BCUT2D eigenvalue weighted by Gasteiger charge is 2.12. The van der Waals surface area contributed by atoms with E-state index < -0.39 is 0 Å². The number of pyridine rings is 1. The molecule has 0 aliphatic heterocycles. The number of hydrogen-bond acceptors (Lipinski definition) is 3. The van der Waals surface area contributed by atoms with E-state index in [-0.39, 0.29) is 5.91 Å². The minimum atomic E-state index is -0.177. The zero-order valence-corrected chi connectivity index (χ0v) is 15.3. The van der Waals surface area contributed by atoms with Crippen molar-refractivity contribution in [2.75, 3.05) is 7.11 Å². The van der Waals surface area contributed by atoms with Crippen LogP contribution >= 0.6 is 0 Å². The van der Waals surface area contributed by atoms with Crippen LogP contribution in [0, 0.1) is 6.92 Å². The first kappa shape index (κ1) is 17.0. The topological polar surface area (TPSA) is 51.2 Å². The van der Waals surface area contributed by atoms with E-state index in [4.69, 9.17) is 4.74 Å². The minimum Gasteiger partial charge on any atom is -0.497 e. The second kappa shape index (κ2) is 7.08. The highest BCUT2D eigenvalue weighted by Crippen LogP contribution is 2.27. The molecule has 0 spiro atoms. The van der Waals surface area contributed by atoms with Gasteiger partial charge in [-0.25, -0.2) is 4.98 Å². The van der Waals surface area contributed by atoms with Gasteiger partial charge in [0.1, 0.15) is 11.4 Å². The van der Waals surface area contributed by atoms with E-state index in [0.29, 0.717) is 12.2 Å². The monoisotopic (exact) mass is 356 g/mol. The Hall–Kier alpha value is -3.40. The maximum absolute atomic E-state index is 12.7. The number of carbonyl (C=O) groups excluding carboxylic acids is 1. The molecule has 0 fully saturated rings. The largest absolute Gasteiger partial charge is 0.497 e. The van der Waals surface area contributed by atoms with E-state index in [1.54, 1.807) is 7.11 Å². The summed E-state index contributed by atoms with van der Waals surface area (Å²) >= 11 is 0. The molecular weight excluding hydrogens is 336 g/mol. The molecule has 1 amide bonds. The average molecular weight is 356 g/mol. The molecule has 0 aliphatic carbocycles. The van der Waals surface area contributed by atoms with E-state index in [0.717, 1.165) is 38.6 Å². The van der Waals surface area contributed by atoms with Crippen LogP contribution in [0.4, 0.5) is 0 Å². The normalized spacial score (nSPS) is 10.9. The Morgan fingerprint density at radius 1 is 0.963 bits per heavy atom. The molecule has 1 aromatic heterocycles. The van der Waals surface area contributed by atoms with Crippen LogP contribution in [0.3, 0.4) is 0 Å². The van der Waals surface area contributed by atoms with Crippen LogP contribution in [0.15, 0.2) is 66.7 Å². The second-order valence-corrected chi connectivity index (χ2v) is 6.51. The Bertz CT molecular complexity index is 1130. The number of amides is 1. The molecule has 134 valence electrons. The number of aromatic nitrogens is 1. The molecule has 27 heavy (non-hydrogen) atoms. The van der Waals surface area contributed by atoms with Gasteiger partial charge in [-0.1, -0.05) is 48.5 Å². The Morgan fingerprint density at radius 3 is 2.52 bits per heavy atom. The van der Waals surface area contributed by atoms with Crippen molar-refractivity contribution in [3.63, 3.8) is 0 Å². The van der Waals surface area contributed by atoms with Crippen molar-refractivity contribution in [1.29, 1.82) is 0 Å². The van der Waals surface area contributed by atoms with Crippen LogP contribution in [0.1, 0.15) is 21.7 Å². The lowest BCUT2D eigenvalue weighted by Crippen LogP contribution is -2.24. The van der Waals surface area contributed by atoms with E-state index in [1.165, 1.54) is 0 Å². The van der Waals surface area contributed by atoms with E-state index in [9.17, 15) is 4.79 Å². The quantitative estimate of drug-likeness (QED) is 0.542. The molecule has 0 aliphatic rings. The van der Waals surface area contributed by atoms with Gasteiger partial charge in [0.25, 0.3) is 5.91 Å². The average Bonchev–Trinajstić information content (AvgIpc) is 2.72. The summed E-state index contributed by atoms with van der Waals surface area (Å²) in [5, 5.41) is 7.35. The van der Waals surface area contributed by atoms with Gasteiger partial charge < -0.3 is 10.1 Å². The third-order valence-electron chi connectivity index (χ3n) is 4.77. The molecule has 4 nitrogen and oxygen atoms in total. The van der Waals surface area contributed by atoms with Gasteiger partial charge in [0.2, 0.25) is 0 Å². The number of ether oxygens (including phenoxy) is 1. The van der Waals surface area contributed by atoms with Crippen molar-refractivity contribution in [2.24, 2.45) is 0 Å². The van der Waals surface area contributed by atoms with Gasteiger partial charge in [-0.3, -0.25) is 4.79 Å². The number of fused-ring (bicyclic) bond motifs is 3. The van der Waals surface area contributed by atoms with E-state index in [1.807, 2.05) is 49.4 Å². The van der Waals surface area contributed by atoms with Crippen molar-refractivity contribution >= 4 is 27.5 Å². The Kier molecular flexibility index (Phi) is 4.47. The number of methoxy groups -OCH3 is 1. The first-order valence-electron chi connectivity index (χ1n) is 8.86. The van der Waals surface area contributed by atoms with Crippen molar-refractivity contribution in [3.05, 3.63) is 83.7 Å². The second-order valence-electron chi connectivity index (χ2n) is 6.51. The van der Waals surface area contributed by atoms with Gasteiger partial charge in [-0.05, 0) is 46.8 Å². The summed E-state index contributed by atoms with van der Waals surface area (Å²) in [6.07, 6.45) is 0. The zero-order valence-electron chi connectivity index (χ0n) is 15.3. The number of nitrogens with zero attached hydrogens (tertiary/aromatic N) is 1. The number of nitrogens with one attached hydrogen (secondary N) is 1. The summed E-state index contributed by atoms with van der Waals surface area (Å²) in [4.78, 5) is 17.2. The van der Waals surface area contributed by atoms with Gasteiger partial charge >= 0.3 is 0 Å². The van der Waals surface area contributed by atoms with Crippen molar-refractivity contribution in [2.45, 2.75) is 13.5 Å². The third kappa shape index (κ3) is 3.34. The molecule has 4 heteroatoms. The minimum absolute atomic E-state index is 0.177. The fourth-order valence-corrected chi connectivity index (χ4v) is 3.31. The number of hydrogen-bond donors (Lipinski definition) is 1. The molecule has 1 heterocycles. The van der Waals surface area contributed by atoms with Crippen molar-refractivity contribution in [1.82, 2.24) is 10.3 Å². The molecule has 0 saturated heterocycles. The number of carbonyl (C=O) groups is 1. The van der Waals surface area contributed by atoms with Gasteiger partial charge in [-0.15, -0.1) is 0 Å². The van der Waals surface area contributed by atoms with Crippen LogP contribution in [-0.2, 0) is 6.54 Å². The van der Waals surface area contributed by atoms with Crippen LogP contribution in [0.25, 0.3) is 21.5 Å². The maximum atomic E-state index is 12.7. The lowest BCUT2D eigenvalue weighted by molar-refractivity contribution is 0.0946. The summed E-state index contributed by atoms with van der Waals surface area (Å²) in [6, 6.07) is 21.9. The van der Waals surface area contributed by atoms with Gasteiger partial charge in [0.15, 0.2) is 0 Å². The summed E-state index contributed by atoms with van der Waals surface area (Å²) in [7, 11) is 1.63. The zero-order chi connectivity index (χ0) is 18.8. The molecule has 1 N–H and O–H groups in total. The molecule has 0 unspecified atom stereocenters. The number of rotatable bonds is 4. The number of aryl methyl sites for hydroxylation is 1. The summed E-state index contributed by atoms with van der Waals surface area (Å²) in [5.74, 6) is 0.618. The van der Waals surface area contributed by atoms with Gasteiger partial charge in [0, 0.05) is 17.6 Å². The number of benzene rings is 3. The van der Waals surface area contributed by atoms with Crippen LogP contribution < -0.4 is 10.1 Å². The lowest BCUT2D eigenvalue weighted by atomic mass is 10.0. The first-order valence-corrected chi connectivity index (χ1v) is 8.86. The molecule has 4 rings (SSSR count). The van der Waals surface area contributed by atoms with E-state index in [2.05, 4.69) is 34.6 Å². The van der Waals surface area contributed by atoms with E-state index >= 15 is 0 Å². The predicted molar refractivity (Wildman–Crippen MR) is 108 cm³/mol. The van der Waals surface area contributed by atoms with Crippen molar-refractivity contribution in [3.8, 4) is 5.75 Å². The van der Waals surface area contributed by atoms with Crippen LogP contribution in [0.5, 0.6) is 5.75 Å². The molecule has 0 bridgehead atoms. The Morgan fingerprint density at radius 2 is 1.74 bits per heavy atom. The molecular formula is C23H20N2O2. The summed E-state index contributed by atoms with van der Waals surface area (Å²) < 4.78 is 5.16.